The van der Waals surface area contributed by atoms with E-state index in [1.165, 1.54) is 30.9 Å². The van der Waals surface area contributed by atoms with Crippen LogP contribution in [-0.2, 0) is 6.54 Å². The molecule has 3 rings (SSSR count). The maximum absolute atomic E-state index is 11.0. The number of pyridine rings is 1. The fourth-order valence-corrected chi connectivity index (χ4v) is 3.10. The molecule has 24 heavy (non-hydrogen) atoms. The highest BCUT2D eigenvalue weighted by Gasteiger charge is 2.18. The van der Waals surface area contributed by atoms with Crippen LogP contribution in [0.5, 0.6) is 0 Å². The van der Waals surface area contributed by atoms with Gasteiger partial charge in [0, 0.05) is 30.5 Å². The summed E-state index contributed by atoms with van der Waals surface area (Å²) >= 11 is 0. The highest BCUT2D eigenvalue weighted by molar-refractivity contribution is 5.65. The van der Waals surface area contributed by atoms with Crippen LogP contribution in [0.15, 0.2) is 42.6 Å². The lowest BCUT2D eigenvalue weighted by Crippen LogP contribution is -2.36. The van der Waals surface area contributed by atoms with Crippen LogP contribution < -0.4 is 5.32 Å². The third kappa shape index (κ3) is 3.89. The zero-order valence-corrected chi connectivity index (χ0v) is 13.8. The van der Waals surface area contributed by atoms with E-state index in [-0.39, 0.29) is 11.5 Å². The summed E-state index contributed by atoms with van der Waals surface area (Å²) in [6, 6.07) is 11.7. The van der Waals surface area contributed by atoms with Gasteiger partial charge in [0.2, 0.25) is 5.82 Å². The number of nitro groups is 1. The number of rotatable bonds is 5. The van der Waals surface area contributed by atoms with Crippen molar-refractivity contribution >= 4 is 17.2 Å². The van der Waals surface area contributed by atoms with Crippen molar-refractivity contribution < 1.29 is 4.92 Å². The minimum Gasteiger partial charge on any atom is -0.334 e. The van der Waals surface area contributed by atoms with E-state index in [9.17, 15) is 10.1 Å². The average molecular weight is 326 g/mol. The highest BCUT2D eigenvalue weighted by Crippen LogP contribution is 2.25. The topological polar surface area (TPSA) is 71.3 Å². The van der Waals surface area contributed by atoms with Gasteiger partial charge < -0.3 is 5.32 Å². The van der Waals surface area contributed by atoms with E-state index in [2.05, 4.69) is 34.3 Å². The lowest BCUT2D eigenvalue weighted by Gasteiger charge is -2.33. The molecule has 1 aromatic carbocycles. The molecule has 0 aliphatic carbocycles. The summed E-state index contributed by atoms with van der Waals surface area (Å²) in [7, 11) is 0. The van der Waals surface area contributed by atoms with Crippen LogP contribution in [0.2, 0.25) is 0 Å². The molecule has 2 heterocycles. The molecule has 126 valence electrons. The van der Waals surface area contributed by atoms with Crippen LogP contribution in [0.1, 0.15) is 31.7 Å². The maximum Gasteiger partial charge on any atom is 0.311 e. The molecule has 0 radical (unpaired) electrons. The predicted molar refractivity (Wildman–Crippen MR) is 94.3 cm³/mol. The van der Waals surface area contributed by atoms with Crippen molar-refractivity contribution in [3.05, 3.63) is 58.3 Å². The van der Waals surface area contributed by atoms with Gasteiger partial charge in [-0.25, -0.2) is 4.98 Å². The Morgan fingerprint density at radius 1 is 1.29 bits per heavy atom. The molecule has 1 saturated heterocycles. The zero-order valence-electron chi connectivity index (χ0n) is 13.8. The SMILES string of the molecule is C[C@H]1CCCCN1Cc1ccc(Nc2ncccc2[N+](=O)[O-])cc1. The molecule has 0 amide bonds. The first-order valence-corrected chi connectivity index (χ1v) is 8.33. The predicted octanol–water partition coefficient (Wildman–Crippen LogP) is 4.11. The molecule has 0 unspecified atom stereocenters. The number of hydrogen-bond donors (Lipinski definition) is 1. The summed E-state index contributed by atoms with van der Waals surface area (Å²) in [5.74, 6) is 0.264. The molecule has 1 fully saturated rings. The van der Waals surface area contributed by atoms with Gasteiger partial charge in [0.15, 0.2) is 0 Å². The fourth-order valence-electron chi connectivity index (χ4n) is 3.10. The Labute approximate surface area is 141 Å². The lowest BCUT2D eigenvalue weighted by atomic mass is 10.0. The molecule has 1 aliphatic rings. The molecule has 6 heteroatoms. The van der Waals surface area contributed by atoms with Gasteiger partial charge in [0.25, 0.3) is 0 Å². The molecule has 1 N–H and O–H groups in total. The fraction of sp³-hybridized carbons (Fsp3) is 0.389. The van der Waals surface area contributed by atoms with Crippen molar-refractivity contribution in [1.29, 1.82) is 0 Å². The molecule has 0 bridgehead atoms. The van der Waals surface area contributed by atoms with Crippen LogP contribution in [0.3, 0.4) is 0 Å². The van der Waals surface area contributed by atoms with Crippen molar-refractivity contribution in [3.63, 3.8) is 0 Å². The standard InChI is InChI=1S/C18H22N4O2/c1-14-5-2-3-12-21(14)13-15-7-9-16(10-8-15)20-18-17(22(23)24)6-4-11-19-18/h4,6-11,14H,2-3,5,12-13H2,1H3,(H,19,20)/t14-/m0/s1. The third-order valence-corrected chi connectivity index (χ3v) is 4.53. The largest absolute Gasteiger partial charge is 0.334 e. The van der Waals surface area contributed by atoms with E-state index in [0.717, 1.165) is 18.8 Å². The Kier molecular flexibility index (Phi) is 5.05. The quantitative estimate of drug-likeness (QED) is 0.661. The van der Waals surface area contributed by atoms with Crippen molar-refractivity contribution in [2.75, 3.05) is 11.9 Å². The van der Waals surface area contributed by atoms with E-state index in [1.807, 2.05) is 12.1 Å². The molecule has 6 nitrogen and oxygen atoms in total. The Hall–Kier alpha value is -2.47. The van der Waals surface area contributed by atoms with Crippen LogP contribution in [-0.4, -0.2) is 27.4 Å². The van der Waals surface area contributed by atoms with Gasteiger partial charge in [-0.2, -0.15) is 0 Å². The molecule has 1 atom stereocenters. The number of piperidine rings is 1. The summed E-state index contributed by atoms with van der Waals surface area (Å²) in [6.07, 6.45) is 5.40. The molecule has 1 aromatic heterocycles. The number of benzene rings is 1. The highest BCUT2D eigenvalue weighted by atomic mass is 16.6. The first-order valence-electron chi connectivity index (χ1n) is 8.33. The van der Waals surface area contributed by atoms with Gasteiger partial charge in [0.05, 0.1) is 4.92 Å². The average Bonchev–Trinajstić information content (AvgIpc) is 2.59. The number of likely N-dealkylation sites (tertiary alicyclic amines) is 1. The number of hydrogen-bond acceptors (Lipinski definition) is 5. The van der Waals surface area contributed by atoms with Crippen LogP contribution in [0.25, 0.3) is 0 Å². The molecular weight excluding hydrogens is 304 g/mol. The smallest absolute Gasteiger partial charge is 0.311 e. The Morgan fingerprint density at radius 2 is 2.08 bits per heavy atom. The maximum atomic E-state index is 11.0. The summed E-state index contributed by atoms with van der Waals surface area (Å²) < 4.78 is 0. The van der Waals surface area contributed by atoms with Gasteiger partial charge in [-0.1, -0.05) is 18.6 Å². The summed E-state index contributed by atoms with van der Waals surface area (Å²) in [6.45, 7) is 4.39. The first-order chi connectivity index (χ1) is 11.6. The minimum absolute atomic E-state index is 0.0243. The van der Waals surface area contributed by atoms with Gasteiger partial charge in [-0.15, -0.1) is 0 Å². The number of nitrogens with one attached hydrogen (secondary N) is 1. The van der Waals surface area contributed by atoms with Gasteiger partial charge in [-0.05, 0) is 50.1 Å². The minimum atomic E-state index is -0.429. The third-order valence-electron chi connectivity index (χ3n) is 4.53. The van der Waals surface area contributed by atoms with Crippen molar-refractivity contribution in [1.82, 2.24) is 9.88 Å². The van der Waals surface area contributed by atoms with Gasteiger partial charge in [-0.3, -0.25) is 15.0 Å². The Balaban J connectivity index is 1.68. The van der Waals surface area contributed by atoms with Crippen LogP contribution >= 0.6 is 0 Å². The summed E-state index contributed by atoms with van der Waals surface area (Å²) in [4.78, 5) is 17.2. The second kappa shape index (κ2) is 7.40. The van der Waals surface area contributed by atoms with Crippen LogP contribution in [0.4, 0.5) is 17.2 Å². The molecule has 0 spiro atoms. The second-order valence-electron chi connectivity index (χ2n) is 6.27. The molecular formula is C18H22N4O2. The molecule has 2 aromatic rings. The van der Waals surface area contributed by atoms with Crippen molar-refractivity contribution in [3.8, 4) is 0 Å². The number of anilines is 2. The number of aromatic nitrogens is 1. The van der Waals surface area contributed by atoms with Gasteiger partial charge >= 0.3 is 5.69 Å². The Bertz CT molecular complexity index is 702. The monoisotopic (exact) mass is 326 g/mol. The first kappa shape index (κ1) is 16.4. The number of nitrogens with zero attached hydrogens (tertiary/aromatic N) is 3. The van der Waals surface area contributed by atoms with E-state index < -0.39 is 4.92 Å². The lowest BCUT2D eigenvalue weighted by molar-refractivity contribution is -0.384. The van der Waals surface area contributed by atoms with E-state index in [4.69, 9.17) is 0 Å². The van der Waals surface area contributed by atoms with Crippen molar-refractivity contribution in [2.45, 2.75) is 38.8 Å². The van der Waals surface area contributed by atoms with E-state index >= 15 is 0 Å². The zero-order chi connectivity index (χ0) is 16.9. The van der Waals surface area contributed by atoms with E-state index in [0.29, 0.717) is 6.04 Å². The van der Waals surface area contributed by atoms with E-state index in [1.54, 1.807) is 12.3 Å². The molecule has 1 aliphatic heterocycles. The second-order valence-corrected chi connectivity index (χ2v) is 6.27. The molecule has 0 saturated carbocycles. The Morgan fingerprint density at radius 3 is 2.79 bits per heavy atom. The summed E-state index contributed by atoms with van der Waals surface area (Å²) in [5, 5.41) is 14.1. The summed E-state index contributed by atoms with van der Waals surface area (Å²) in [5.41, 5.74) is 2.03. The van der Waals surface area contributed by atoms with Crippen molar-refractivity contribution in [2.24, 2.45) is 0 Å². The van der Waals surface area contributed by atoms with Crippen LogP contribution in [0, 0.1) is 10.1 Å². The van der Waals surface area contributed by atoms with Gasteiger partial charge in [0.1, 0.15) is 0 Å². The normalized spacial score (nSPS) is 18.3.